The van der Waals surface area contributed by atoms with Gasteiger partial charge in [0.05, 0.1) is 17.1 Å². The van der Waals surface area contributed by atoms with E-state index >= 15 is 0 Å². The van der Waals surface area contributed by atoms with Crippen molar-refractivity contribution in [3.8, 4) is 5.69 Å². The van der Waals surface area contributed by atoms with Gasteiger partial charge in [-0.15, -0.1) is 0 Å². The number of aromatic nitrogens is 3. The molecule has 2 heterocycles. The Morgan fingerprint density at radius 3 is 2.23 bits per heavy atom. The fourth-order valence-corrected chi connectivity index (χ4v) is 4.77. The highest BCUT2D eigenvalue weighted by molar-refractivity contribution is 7.99. The number of benzene rings is 3. The number of nitrogens with one attached hydrogen (secondary N) is 1. The number of carbonyl (C=O) groups is 1. The number of hydrogen-bond acceptors (Lipinski definition) is 5. The number of rotatable bonds is 6. The summed E-state index contributed by atoms with van der Waals surface area (Å²) in [7, 11) is 0. The molecule has 1 aromatic heterocycles. The van der Waals surface area contributed by atoms with E-state index in [1.807, 2.05) is 12.1 Å². The van der Waals surface area contributed by atoms with Crippen LogP contribution in [0.15, 0.2) is 95.2 Å². The third-order valence-electron chi connectivity index (χ3n) is 5.19. The Hall–Kier alpha value is -3.58. The third kappa shape index (κ3) is 4.04. The first-order valence-electron chi connectivity index (χ1n) is 10.2. The van der Waals surface area contributed by atoms with Crippen molar-refractivity contribution in [2.45, 2.75) is 16.2 Å². The summed E-state index contributed by atoms with van der Waals surface area (Å²) in [5.41, 5.74) is 3.95. The van der Waals surface area contributed by atoms with Crippen molar-refractivity contribution in [2.24, 2.45) is 0 Å². The van der Waals surface area contributed by atoms with Crippen LogP contribution in [0.3, 0.4) is 0 Å². The number of amides is 1. The van der Waals surface area contributed by atoms with E-state index < -0.39 is 0 Å². The van der Waals surface area contributed by atoms with Gasteiger partial charge in [-0.2, -0.15) is 5.10 Å². The van der Waals surface area contributed by atoms with Crippen molar-refractivity contribution in [3.63, 3.8) is 0 Å². The van der Waals surface area contributed by atoms with E-state index in [1.54, 1.807) is 34.9 Å². The standard InChI is InChI=1S/C24H21N5OS/c30-24(18-10-12-19(13-11-18)29-17-25-16-27-29)26-14-5-15-28-20-6-1-3-8-22(20)31-23-9-4-2-7-21(23)28/h1-4,6-13,16-17H,5,14-15H2,(H,26,30). The highest BCUT2D eigenvalue weighted by Crippen LogP contribution is 2.47. The van der Waals surface area contributed by atoms with Gasteiger partial charge in [0.15, 0.2) is 0 Å². The van der Waals surface area contributed by atoms with E-state index in [1.165, 1.54) is 27.5 Å². The molecule has 5 rings (SSSR count). The Labute approximate surface area is 184 Å². The fraction of sp³-hybridized carbons (Fsp3) is 0.125. The maximum Gasteiger partial charge on any atom is 0.251 e. The summed E-state index contributed by atoms with van der Waals surface area (Å²) in [6, 6.07) is 24.3. The summed E-state index contributed by atoms with van der Waals surface area (Å²) in [4.78, 5) is 21.3. The summed E-state index contributed by atoms with van der Waals surface area (Å²) in [5, 5.41) is 7.13. The van der Waals surface area contributed by atoms with Crippen molar-refractivity contribution in [2.75, 3.05) is 18.0 Å². The maximum absolute atomic E-state index is 12.5. The topological polar surface area (TPSA) is 63.1 Å². The molecule has 0 aliphatic carbocycles. The minimum Gasteiger partial charge on any atom is -0.352 e. The average molecular weight is 428 g/mol. The number of anilines is 2. The van der Waals surface area contributed by atoms with Crippen LogP contribution in [-0.2, 0) is 0 Å². The lowest BCUT2D eigenvalue weighted by atomic mass is 10.2. The van der Waals surface area contributed by atoms with Gasteiger partial charge < -0.3 is 10.2 Å². The number of carbonyl (C=O) groups excluding carboxylic acids is 1. The van der Waals surface area contributed by atoms with Crippen molar-refractivity contribution in [1.82, 2.24) is 20.1 Å². The number of fused-ring (bicyclic) bond motifs is 2. The molecule has 0 radical (unpaired) electrons. The maximum atomic E-state index is 12.5. The molecule has 1 amide bonds. The molecule has 6 nitrogen and oxygen atoms in total. The molecule has 7 heteroatoms. The highest BCUT2D eigenvalue weighted by atomic mass is 32.2. The molecule has 0 spiro atoms. The van der Waals surface area contributed by atoms with Crippen LogP contribution >= 0.6 is 11.8 Å². The molecular formula is C24H21N5OS. The molecule has 4 aromatic rings. The van der Waals surface area contributed by atoms with Gasteiger partial charge in [0.1, 0.15) is 12.7 Å². The second-order valence-electron chi connectivity index (χ2n) is 7.19. The van der Waals surface area contributed by atoms with E-state index in [-0.39, 0.29) is 5.91 Å². The summed E-state index contributed by atoms with van der Waals surface area (Å²) in [6.45, 7) is 1.44. The highest BCUT2D eigenvalue weighted by Gasteiger charge is 2.22. The normalized spacial score (nSPS) is 12.2. The summed E-state index contributed by atoms with van der Waals surface area (Å²) >= 11 is 1.81. The summed E-state index contributed by atoms with van der Waals surface area (Å²) in [6.07, 6.45) is 3.96. The number of hydrogen-bond donors (Lipinski definition) is 1. The second-order valence-corrected chi connectivity index (χ2v) is 8.27. The van der Waals surface area contributed by atoms with Gasteiger partial charge in [0.25, 0.3) is 5.91 Å². The molecule has 1 aliphatic heterocycles. The smallest absolute Gasteiger partial charge is 0.251 e. The summed E-state index contributed by atoms with van der Waals surface area (Å²) in [5.74, 6) is -0.0693. The Balaban J connectivity index is 1.21. The fourth-order valence-electron chi connectivity index (χ4n) is 3.67. The van der Waals surface area contributed by atoms with E-state index in [2.05, 4.69) is 68.8 Å². The minimum atomic E-state index is -0.0693. The molecule has 0 bridgehead atoms. The van der Waals surface area contributed by atoms with Crippen LogP contribution in [0.5, 0.6) is 0 Å². The van der Waals surface area contributed by atoms with Gasteiger partial charge in [-0.3, -0.25) is 4.79 Å². The molecule has 0 saturated carbocycles. The van der Waals surface area contributed by atoms with Crippen molar-refractivity contribution in [1.29, 1.82) is 0 Å². The van der Waals surface area contributed by atoms with E-state index in [9.17, 15) is 4.79 Å². The van der Waals surface area contributed by atoms with Gasteiger partial charge in [0.2, 0.25) is 0 Å². The molecule has 0 fully saturated rings. The Kier molecular flexibility index (Phi) is 5.41. The van der Waals surface area contributed by atoms with Gasteiger partial charge in [-0.05, 0) is 55.0 Å². The van der Waals surface area contributed by atoms with Crippen LogP contribution < -0.4 is 10.2 Å². The molecule has 0 saturated heterocycles. The number of nitrogens with zero attached hydrogens (tertiary/aromatic N) is 4. The first kappa shape index (κ1) is 19.4. The zero-order chi connectivity index (χ0) is 21.0. The largest absolute Gasteiger partial charge is 0.352 e. The minimum absolute atomic E-state index is 0.0693. The molecule has 3 aromatic carbocycles. The van der Waals surface area contributed by atoms with E-state index in [0.717, 1.165) is 18.7 Å². The lowest BCUT2D eigenvalue weighted by Crippen LogP contribution is -2.29. The predicted molar refractivity (Wildman–Crippen MR) is 122 cm³/mol. The molecule has 154 valence electrons. The van der Waals surface area contributed by atoms with Crippen LogP contribution in [-0.4, -0.2) is 33.8 Å². The first-order chi connectivity index (χ1) is 15.3. The molecule has 1 N–H and O–H groups in total. The number of para-hydroxylation sites is 2. The second kappa shape index (κ2) is 8.65. The van der Waals surface area contributed by atoms with Crippen molar-refractivity contribution < 1.29 is 4.79 Å². The lowest BCUT2D eigenvalue weighted by Gasteiger charge is -2.32. The first-order valence-corrected chi connectivity index (χ1v) is 11.0. The van der Waals surface area contributed by atoms with Gasteiger partial charge in [-0.25, -0.2) is 9.67 Å². The summed E-state index contributed by atoms with van der Waals surface area (Å²) < 4.78 is 1.66. The molecule has 1 aliphatic rings. The zero-order valence-corrected chi connectivity index (χ0v) is 17.6. The van der Waals surface area contributed by atoms with Gasteiger partial charge in [-0.1, -0.05) is 36.0 Å². The van der Waals surface area contributed by atoms with Crippen LogP contribution in [0.4, 0.5) is 11.4 Å². The van der Waals surface area contributed by atoms with E-state index in [0.29, 0.717) is 12.1 Å². The predicted octanol–water partition coefficient (Wildman–Crippen LogP) is 4.69. The Morgan fingerprint density at radius 1 is 0.903 bits per heavy atom. The lowest BCUT2D eigenvalue weighted by molar-refractivity contribution is 0.0953. The quantitative estimate of drug-likeness (QED) is 0.452. The Bertz CT molecular complexity index is 1150. The van der Waals surface area contributed by atoms with E-state index in [4.69, 9.17) is 0 Å². The van der Waals surface area contributed by atoms with Gasteiger partial charge in [0, 0.05) is 28.4 Å². The third-order valence-corrected chi connectivity index (χ3v) is 6.32. The van der Waals surface area contributed by atoms with Crippen LogP contribution in [0.25, 0.3) is 5.69 Å². The van der Waals surface area contributed by atoms with Crippen LogP contribution in [0, 0.1) is 0 Å². The van der Waals surface area contributed by atoms with Crippen LogP contribution in [0.1, 0.15) is 16.8 Å². The average Bonchev–Trinajstić information content (AvgIpc) is 3.36. The van der Waals surface area contributed by atoms with Crippen molar-refractivity contribution in [3.05, 3.63) is 91.0 Å². The zero-order valence-electron chi connectivity index (χ0n) is 16.8. The monoisotopic (exact) mass is 427 g/mol. The van der Waals surface area contributed by atoms with Crippen LogP contribution in [0.2, 0.25) is 0 Å². The molecular weight excluding hydrogens is 406 g/mol. The molecule has 0 atom stereocenters. The SMILES string of the molecule is O=C(NCCCN1c2ccccc2Sc2ccccc21)c1ccc(-n2cncn2)cc1. The molecule has 0 unspecified atom stereocenters. The Morgan fingerprint density at radius 2 is 1.58 bits per heavy atom. The van der Waals surface area contributed by atoms with Gasteiger partial charge >= 0.3 is 0 Å². The molecule has 31 heavy (non-hydrogen) atoms. The van der Waals surface area contributed by atoms with Crippen molar-refractivity contribution >= 4 is 29.0 Å².